The summed E-state index contributed by atoms with van der Waals surface area (Å²) < 4.78 is 7.65. The lowest BCUT2D eigenvalue weighted by Gasteiger charge is -2.28. The van der Waals surface area contributed by atoms with Gasteiger partial charge in [0, 0.05) is 19.3 Å². The van der Waals surface area contributed by atoms with Gasteiger partial charge >= 0.3 is 0 Å². The van der Waals surface area contributed by atoms with Gasteiger partial charge in [0.2, 0.25) is 0 Å². The second-order valence-electron chi connectivity index (χ2n) is 6.10. The molecule has 0 bridgehead atoms. The molecule has 2 rings (SSSR count). The van der Waals surface area contributed by atoms with Gasteiger partial charge in [0.05, 0.1) is 24.0 Å². The molecule has 118 valence electrons. The molecule has 0 spiro atoms. The summed E-state index contributed by atoms with van der Waals surface area (Å²) in [6.07, 6.45) is 5.34. The van der Waals surface area contributed by atoms with Crippen LogP contribution in [0.3, 0.4) is 0 Å². The van der Waals surface area contributed by atoms with Crippen LogP contribution in [0, 0.1) is 19.8 Å². The zero-order chi connectivity index (χ0) is 15.4. The molecular weight excluding hydrogens is 266 g/mol. The SMILES string of the molecule is Cc1nn(C)c(C)c1C(=O)NCCO[C@@H]1CCCC[C@H]1C. The van der Waals surface area contributed by atoms with Gasteiger partial charge in [0.1, 0.15) is 0 Å². The average molecular weight is 293 g/mol. The molecule has 1 heterocycles. The van der Waals surface area contributed by atoms with Crippen molar-refractivity contribution in [1.82, 2.24) is 15.1 Å². The van der Waals surface area contributed by atoms with Gasteiger partial charge < -0.3 is 10.1 Å². The first-order chi connectivity index (χ1) is 10.0. The molecule has 1 aliphatic rings. The van der Waals surface area contributed by atoms with Crippen LogP contribution in [0.5, 0.6) is 0 Å². The molecule has 0 radical (unpaired) electrons. The van der Waals surface area contributed by atoms with Crippen LogP contribution in [0.15, 0.2) is 0 Å². The summed E-state index contributed by atoms with van der Waals surface area (Å²) in [6, 6.07) is 0. The van der Waals surface area contributed by atoms with Crippen LogP contribution in [-0.4, -0.2) is 34.9 Å². The molecule has 0 saturated heterocycles. The van der Waals surface area contributed by atoms with Crippen LogP contribution < -0.4 is 5.32 Å². The maximum Gasteiger partial charge on any atom is 0.255 e. The van der Waals surface area contributed by atoms with Crippen LogP contribution in [-0.2, 0) is 11.8 Å². The van der Waals surface area contributed by atoms with E-state index in [0.29, 0.717) is 30.7 Å². The molecule has 1 N–H and O–H groups in total. The Balaban J connectivity index is 1.77. The van der Waals surface area contributed by atoms with Gasteiger partial charge in [0.15, 0.2) is 0 Å². The maximum absolute atomic E-state index is 12.2. The van der Waals surface area contributed by atoms with Crippen LogP contribution in [0.4, 0.5) is 0 Å². The van der Waals surface area contributed by atoms with E-state index in [1.165, 1.54) is 19.3 Å². The lowest BCUT2D eigenvalue weighted by Crippen LogP contribution is -2.32. The third-order valence-corrected chi connectivity index (χ3v) is 4.49. The summed E-state index contributed by atoms with van der Waals surface area (Å²) in [4.78, 5) is 12.2. The Morgan fingerprint density at radius 3 is 2.71 bits per heavy atom. The number of hydrogen-bond acceptors (Lipinski definition) is 3. The molecule has 1 aromatic rings. The van der Waals surface area contributed by atoms with Crippen molar-refractivity contribution >= 4 is 5.91 Å². The van der Waals surface area contributed by atoms with E-state index >= 15 is 0 Å². The molecule has 1 fully saturated rings. The highest BCUT2D eigenvalue weighted by molar-refractivity contribution is 5.96. The number of hydrogen-bond donors (Lipinski definition) is 1. The molecule has 5 nitrogen and oxygen atoms in total. The first kappa shape index (κ1) is 16.0. The quantitative estimate of drug-likeness (QED) is 0.848. The number of rotatable bonds is 5. The van der Waals surface area contributed by atoms with Gasteiger partial charge in [-0.05, 0) is 32.6 Å². The first-order valence-corrected chi connectivity index (χ1v) is 7.90. The second kappa shape index (κ2) is 7.07. The molecule has 1 amide bonds. The van der Waals surface area contributed by atoms with Crippen molar-refractivity contribution in [3.05, 3.63) is 17.0 Å². The number of nitrogens with zero attached hydrogens (tertiary/aromatic N) is 2. The predicted octanol–water partition coefficient (Wildman–Crippen LogP) is 2.36. The average Bonchev–Trinajstić information content (AvgIpc) is 2.70. The summed E-state index contributed by atoms with van der Waals surface area (Å²) >= 11 is 0. The van der Waals surface area contributed by atoms with Crippen LogP contribution in [0.25, 0.3) is 0 Å². The van der Waals surface area contributed by atoms with Crippen molar-refractivity contribution in [3.8, 4) is 0 Å². The summed E-state index contributed by atoms with van der Waals surface area (Å²) in [5, 5.41) is 7.20. The molecule has 0 unspecified atom stereocenters. The number of carbonyl (C=O) groups excluding carboxylic acids is 1. The number of amides is 1. The van der Waals surface area contributed by atoms with Gasteiger partial charge in [-0.15, -0.1) is 0 Å². The van der Waals surface area contributed by atoms with Crippen molar-refractivity contribution in [2.45, 2.75) is 52.6 Å². The minimum atomic E-state index is -0.0570. The number of aromatic nitrogens is 2. The predicted molar refractivity (Wildman–Crippen MR) is 82.4 cm³/mol. The van der Waals surface area contributed by atoms with E-state index in [9.17, 15) is 4.79 Å². The van der Waals surface area contributed by atoms with E-state index in [2.05, 4.69) is 17.3 Å². The van der Waals surface area contributed by atoms with Gasteiger partial charge in [-0.2, -0.15) is 5.10 Å². The Morgan fingerprint density at radius 1 is 1.38 bits per heavy atom. The van der Waals surface area contributed by atoms with Crippen LogP contribution in [0.2, 0.25) is 0 Å². The molecular formula is C16H27N3O2. The third-order valence-electron chi connectivity index (χ3n) is 4.49. The zero-order valence-electron chi connectivity index (χ0n) is 13.6. The van der Waals surface area contributed by atoms with Crippen molar-refractivity contribution in [3.63, 3.8) is 0 Å². The molecule has 0 aromatic carbocycles. The highest BCUT2D eigenvalue weighted by atomic mass is 16.5. The Labute approximate surface area is 127 Å². The number of carbonyl (C=O) groups is 1. The van der Waals surface area contributed by atoms with Gasteiger partial charge in [-0.25, -0.2) is 0 Å². The normalized spacial score (nSPS) is 22.3. The molecule has 5 heteroatoms. The van der Waals surface area contributed by atoms with Crippen LogP contribution in [0.1, 0.15) is 54.4 Å². The highest BCUT2D eigenvalue weighted by Crippen LogP contribution is 2.25. The standard InChI is InChI=1S/C16H27N3O2/c1-11-7-5-6-8-14(11)21-10-9-17-16(20)15-12(2)18-19(4)13(15)3/h11,14H,5-10H2,1-4H3,(H,17,20)/t11-,14-/m1/s1. The second-order valence-corrected chi connectivity index (χ2v) is 6.10. The minimum absolute atomic E-state index is 0.0570. The Hall–Kier alpha value is -1.36. The summed E-state index contributed by atoms with van der Waals surface area (Å²) in [6.45, 7) is 7.16. The summed E-state index contributed by atoms with van der Waals surface area (Å²) in [7, 11) is 1.85. The fourth-order valence-corrected chi connectivity index (χ4v) is 3.10. The first-order valence-electron chi connectivity index (χ1n) is 7.90. The van der Waals surface area contributed by atoms with E-state index < -0.39 is 0 Å². The van der Waals surface area contributed by atoms with Crippen molar-refractivity contribution in [1.29, 1.82) is 0 Å². The fraction of sp³-hybridized carbons (Fsp3) is 0.750. The van der Waals surface area contributed by atoms with E-state index in [1.54, 1.807) is 4.68 Å². The molecule has 1 saturated carbocycles. The molecule has 0 aliphatic heterocycles. The van der Waals surface area contributed by atoms with Gasteiger partial charge in [-0.3, -0.25) is 9.48 Å². The molecule has 2 atom stereocenters. The van der Waals surface area contributed by atoms with Gasteiger partial charge in [-0.1, -0.05) is 19.8 Å². The smallest absolute Gasteiger partial charge is 0.255 e. The van der Waals surface area contributed by atoms with E-state index in [4.69, 9.17) is 4.74 Å². The largest absolute Gasteiger partial charge is 0.376 e. The molecule has 21 heavy (non-hydrogen) atoms. The lowest BCUT2D eigenvalue weighted by molar-refractivity contribution is -0.00294. The van der Waals surface area contributed by atoms with Crippen molar-refractivity contribution in [2.75, 3.05) is 13.2 Å². The maximum atomic E-state index is 12.2. The molecule has 1 aromatic heterocycles. The Morgan fingerprint density at radius 2 is 2.10 bits per heavy atom. The fourth-order valence-electron chi connectivity index (χ4n) is 3.10. The summed E-state index contributed by atoms with van der Waals surface area (Å²) in [5.74, 6) is 0.579. The molecule has 1 aliphatic carbocycles. The number of nitrogens with one attached hydrogen (secondary N) is 1. The Kier molecular flexibility index (Phi) is 5.39. The zero-order valence-corrected chi connectivity index (χ0v) is 13.6. The monoisotopic (exact) mass is 293 g/mol. The van der Waals surface area contributed by atoms with E-state index in [-0.39, 0.29) is 5.91 Å². The summed E-state index contributed by atoms with van der Waals surface area (Å²) in [5.41, 5.74) is 2.35. The lowest BCUT2D eigenvalue weighted by atomic mass is 9.88. The van der Waals surface area contributed by atoms with Crippen molar-refractivity contribution in [2.24, 2.45) is 13.0 Å². The van der Waals surface area contributed by atoms with E-state index in [1.807, 2.05) is 20.9 Å². The third kappa shape index (κ3) is 3.84. The van der Waals surface area contributed by atoms with Gasteiger partial charge in [0.25, 0.3) is 5.91 Å². The van der Waals surface area contributed by atoms with Crippen LogP contribution >= 0.6 is 0 Å². The van der Waals surface area contributed by atoms with E-state index in [0.717, 1.165) is 17.8 Å². The number of aryl methyl sites for hydroxylation is 2. The van der Waals surface area contributed by atoms with Crippen molar-refractivity contribution < 1.29 is 9.53 Å². The Bertz CT molecular complexity index is 496. The minimum Gasteiger partial charge on any atom is -0.376 e. The highest BCUT2D eigenvalue weighted by Gasteiger charge is 2.22. The topological polar surface area (TPSA) is 56.2 Å². The number of ether oxygens (including phenoxy) is 1.